The summed E-state index contributed by atoms with van der Waals surface area (Å²) >= 11 is 0. The fourth-order valence-electron chi connectivity index (χ4n) is 1.80. The number of phenols is 1. The average Bonchev–Trinajstić information content (AvgIpc) is 2.37. The van der Waals surface area contributed by atoms with Crippen LogP contribution in [-0.4, -0.2) is 11.5 Å². The van der Waals surface area contributed by atoms with Gasteiger partial charge in [-0.1, -0.05) is 42.5 Å². The number of rotatable bonds is 4. The van der Waals surface area contributed by atoms with Gasteiger partial charge in [0.2, 0.25) is 6.41 Å². The molecule has 0 aliphatic heterocycles. The SMILES string of the molecule is O=CNC(c1ccccc1)c1cccc(O)c1. The first kappa shape index (κ1) is 11.2. The third-order valence-corrected chi connectivity index (χ3v) is 2.57. The third-order valence-electron chi connectivity index (χ3n) is 2.57. The molecule has 0 saturated carbocycles. The fourth-order valence-corrected chi connectivity index (χ4v) is 1.80. The van der Waals surface area contributed by atoms with Crippen molar-refractivity contribution in [2.75, 3.05) is 0 Å². The summed E-state index contributed by atoms with van der Waals surface area (Å²) in [5.74, 6) is 0.191. The molecule has 0 aliphatic carbocycles. The van der Waals surface area contributed by atoms with Crippen LogP contribution in [0.15, 0.2) is 54.6 Å². The van der Waals surface area contributed by atoms with E-state index in [1.807, 2.05) is 36.4 Å². The Morgan fingerprint density at radius 3 is 2.35 bits per heavy atom. The Labute approximate surface area is 99.7 Å². The average molecular weight is 227 g/mol. The Bertz CT molecular complexity index is 497. The zero-order chi connectivity index (χ0) is 12.1. The smallest absolute Gasteiger partial charge is 0.207 e. The molecule has 0 aliphatic rings. The van der Waals surface area contributed by atoms with Crippen LogP contribution >= 0.6 is 0 Å². The molecule has 2 aromatic carbocycles. The molecular weight excluding hydrogens is 214 g/mol. The van der Waals surface area contributed by atoms with Crippen LogP contribution < -0.4 is 5.32 Å². The van der Waals surface area contributed by atoms with Gasteiger partial charge in [-0.2, -0.15) is 0 Å². The number of nitrogens with one attached hydrogen (secondary N) is 1. The van der Waals surface area contributed by atoms with E-state index in [1.54, 1.807) is 18.2 Å². The van der Waals surface area contributed by atoms with Gasteiger partial charge in [0.15, 0.2) is 0 Å². The largest absolute Gasteiger partial charge is 0.508 e. The summed E-state index contributed by atoms with van der Waals surface area (Å²) in [5, 5.41) is 12.2. The van der Waals surface area contributed by atoms with Crippen molar-refractivity contribution in [1.82, 2.24) is 5.32 Å². The highest BCUT2D eigenvalue weighted by molar-refractivity contribution is 5.50. The van der Waals surface area contributed by atoms with E-state index in [1.165, 1.54) is 0 Å². The predicted octanol–water partition coefficient (Wildman–Crippen LogP) is 2.23. The third kappa shape index (κ3) is 2.64. The van der Waals surface area contributed by atoms with Crippen molar-refractivity contribution in [3.63, 3.8) is 0 Å². The minimum Gasteiger partial charge on any atom is -0.508 e. The Balaban J connectivity index is 2.39. The van der Waals surface area contributed by atoms with E-state index < -0.39 is 0 Å². The van der Waals surface area contributed by atoms with E-state index in [2.05, 4.69) is 5.32 Å². The van der Waals surface area contributed by atoms with E-state index in [4.69, 9.17) is 0 Å². The Morgan fingerprint density at radius 1 is 1.00 bits per heavy atom. The minimum atomic E-state index is -0.235. The standard InChI is InChI=1S/C14H13NO2/c16-10-15-14(11-5-2-1-3-6-11)12-7-4-8-13(17)9-12/h1-10,14,17H,(H,15,16). The lowest BCUT2D eigenvalue weighted by atomic mass is 9.99. The van der Waals surface area contributed by atoms with Crippen LogP contribution in [0, 0.1) is 0 Å². The molecule has 1 unspecified atom stereocenters. The zero-order valence-corrected chi connectivity index (χ0v) is 9.21. The molecule has 0 saturated heterocycles. The summed E-state index contributed by atoms with van der Waals surface area (Å²) in [4.78, 5) is 10.7. The van der Waals surface area contributed by atoms with Crippen molar-refractivity contribution < 1.29 is 9.90 Å². The highest BCUT2D eigenvalue weighted by Gasteiger charge is 2.12. The van der Waals surface area contributed by atoms with Crippen LogP contribution in [0.3, 0.4) is 0 Å². The second-order valence-electron chi connectivity index (χ2n) is 3.72. The van der Waals surface area contributed by atoms with Crippen LogP contribution in [-0.2, 0) is 4.79 Å². The molecule has 3 nitrogen and oxygen atoms in total. The summed E-state index contributed by atoms with van der Waals surface area (Å²) in [5.41, 5.74) is 1.83. The zero-order valence-electron chi connectivity index (χ0n) is 9.21. The lowest BCUT2D eigenvalue weighted by Crippen LogP contribution is -2.20. The number of carbonyl (C=O) groups is 1. The van der Waals surface area contributed by atoms with Gasteiger partial charge < -0.3 is 10.4 Å². The van der Waals surface area contributed by atoms with Gasteiger partial charge in [-0.25, -0.2) is 0 Å². The molecule has 2 rings (SSSR count). The van der Waals surface area contributed by atoms with E-state index in [9.17, 15) is 9.90 Å². The first-order valence-corrected chi connectivity index (χ1v) is 5.35. The Kier molecular flexibility index (Phi) is 3.40. The molecule has 0 bridgehead atoms. The van der Waals surface area contributed by atoms with Gasteiger partial charge in [0.1, 0.15) is 5.75 Å². The highest BCUT2D eigenvalue weighted by atomic mass is 16.3. The number of hydrogen-bond donors (Lipinski definition) is 2. The molecule has 0 aromatic heterocycles. The number of hydrogen-bond acceptors (Lipinski definition) is 2. The van der Waals surface area contributed by atoms with Crippen LogP contribution in [0.5, 0.6) is 5.75 Å². The number of carbonyl (C=O) groups excluding carboxylic acids is 1. The monoisotopic (exact) mass is 227 g/mol. The number of benzene rings is 2. The van der Waals surface area contributed by atoms with E-state index >= 15 is 0 Å². The molecule has 0 spiro atoms. The Hall–Kier alpha value is -2.29. The predicted molar refractivity (Wildman–Crippen MR) is 65.6 cm³/mol. The van der Waals surface area contributed by atoms with Gasteiger partial charge in [0.25, 0.3) is 0 Å². The van der Waals surface area contributed by atoms with E-state index in [0.717, 1.165) is 11.1 Å². The fraction of sp³-hybridized carbons (Fsp3) is 0.0714. The summed E-state index contributed by atoms with van der Waals surface area (Å²) in [6.07, 6.45) is 0.668. The molecule has 1 atom stereocenters. The summed E-state index contributed by atoms with van der Waals surface area (Å²) in [6, 6.07) is 16.3. The van der Waals surface area contributed by atoms with Crippen molar-refractivity contribution in [1.29, 1.82) is 0 Å². The van der Waals surface area contributed by atoms with Gasteiger partial charge in [0, 0.05) is 0 Å². The van der Waals surface area contributed by atoms with Crippen molar-refractivity contribution in [2.45, 2.75) is 6.04 Å². The van der Waals surface area contributed by atoms with Gasteiger partial charge in [-0.3, -0.25) is 4.79 Å². The van der Waals surface area contributed by atoms with Crippen LogP contribution in [0.2, 0.25) is 0 Å². The molecule has 2 aromatic rings. The van der Waals surface area contributed by atoms with Gasteiger partial charge in [-0.05, 0) is 23.3 Å². The molecule has 0 fully saturated rings. The molecule has 3 heteroatoms. The Morgan fingerprint density at radius 2 is 1.71 bits per heavy atom. The minimum absolute atomic E-state index is 0.191. The summed E-state index contributed by atoms with van der Waals surface area (Å²) in [7, 11) is 0. The van der Waals surface area contributed by atoms with Crippen molar-refractivity contribution in [2.24, 2.45) is 0 Å². The maximum Gasteiger partial charge on any atom is 0.207 e. The van der Waals surface area contributed by atoms with Crippen molar-refractivity contribution in [3.05, 3.63) is 65.7 Å². The quantitative estimate of drug-likeness (QED) is 0.787. The van der Waals surface area contributed by atoms with E-state index in [-0.39, 0.29) is 11.8 Å². The maximum absolute atomic E-state index is 10.7. The number of aromatic hydroxyl groups is 1. The molecule has 0 heterocycles. The summed E-state index contributed by atoms with van der Waals surface area (Å²) in [6.45, 7) is 0. The summed E-state index contributed by atoms with van der Waals surface area (Å²) < 4.78 is 0. The molecule has 0 radical (unpaired) electrons. The van der Waals surface area contributed by atoms with Crippen molar-refractivity contribution in [3.8, 4) is 5.75 Å². The number of phenolic OH excluding ortho intramolecular Hbond substituents is 1. The maximum atomic E-state index is 10.7. The van der Waals surface area contributed by atoms with Gasteiger partial charge in [0.05, 0.1) is 6.04 Å². The molecule has 17 heavy (non-hydrogen) atoms. The number of amides is 1. The highest BCUT2D eigenvalue weighted by Crippen LogP contribution is 2.24. The van der Waals surface area contributed by atoms with Gasteiger partial charge >= 0.3 is 0 Å². The molecular formula is C14H13NO2. The lowest BCUT2D eigenvalue weighted by molar-refractivity contribution is -0.110. The van der Waals surface area contributed by atoms with Crippen LogP contribution in [0.1, 0.15) is 17.2 Å². The van der Waals surface area contributed by atoms with Crippen LogP contribution in [0.25, 0.3) is 0 Å². The second-order valence-corrected chi connectivity index (χ2v) is 3.72. The lowest BCUT2D eigenvalue weighted by Gasteiger charge is -2.17. The first-order chi connectivity index (χ1) is 8.31. The van der Waals surface area contributed by atoms with Gasteiger partial charge in [-0.15, -0.1) is 0 Å². The molecule has 86 valence electrons. The normalized spacial score (nSPS) is 11.8. The van der Waals surface area contributed by atoms with Crippen molar-refractivity contribution >= 4 is 6.41 Å². The topological polar surface area (TPSA) is 49.3 Å². The molecule has 1 amide bonds. The van der Waals surface area contributed by atoms with Crippen LogP contribution in [0.4, 0.5) is 0 Å². The molecule has 2 N–H and O–H groups in total. The first-order valence-electron chi connectivity index (χ1n) is 5.35. The second kappa shape index (κ2) is 5.16. The van der Waals surface area contributed by atoms with E-state index in [0.29, 0.717) is 6.41 Å².